The Kier molecular flexibility index (Phi) is 7.75. The molecule has 186 valence electrons. The maximum Gasteiger partial charge on any atom is 0.252 e. The van der Waals surface area contributed by atoms with Crippen molar-refractivity contribution in [1.82, 2.24) is 19.6 Å². The number of carbonyl (C=O) groups excluding carboxylic acids is 1. The Morgan fingerprint density at radius 2 is 1.91 bits per heavy atom. The number of ether oxygens (including phenoxy) is 2. The number of nitrogens with zero attached hydrogens (tertiary/aromatic N) is 3. The summed E-state index contributed by atoms with van der Waals surface area (Å²) >= 11 is 0. The Bertz CT molecular complexity index is 1290. The predicted octanol–water partition coefficient (Wildman–Crippen LogP) is 3.07. The van der Waals surface area contributed by atoms with Crippen LogP contribution in [-0.2, 0) is 19.5 Å². The molecule has 0 saturated carbocycles. The van der Waals surface area contributed by atoms with Gasteiger partial charge >= 0.3 is 0 Å². The number of carbonyl (C=O) groups is 1. The number of rotatable bonds is 8. The third kappa shape index (κ3) is 5.51. The number of benzene rings is 1. The Hall–Kier alpha value is -2.92. The molecule has 1 fully saturated rings. The summed E-state index contributed by atoms with van der Waals surface area (Å²) in [7, 11) is -0.717. The van der Waals surface area contributed by atoms with Crippen LogP contribution >= 0.6 is 0 Å². The quantitative estimate of drug-likeness (QED) is 0.475. The number of nitrogens with one attached hydrogen (secondary N) is 1. The van der Waals surface area contributed by atoms with E-state index in [4.69, 9.17) is 9.47 Å². The maximum absolute atomic E-state index is 13.4. The minimum atomic E-state index is -3.69. The number of aromatic nitrogens is 2. The number of piperidine rings is 1. The van der Waals surface area contributed by atoms with Crippen molar-refractivity contribution in [2.75, 3.05) is 33.9 Å². The van der Waals surface area contributed by atoms with E-state index in [0.717, 1.165) is 18.4 Å². The second-order valence-corrected chi connectivity index (χ2v) is 10.6. The van der Waals surface area contributed by atoms with Gasteiger partial charge < -0.3 is 14.8 Å². The highest BCUT2D eigenvalue weighted by Gasteiger charge is 2.29. The molecule has 9 nitrogen and oxygen atoms in total. The molecule has 10 heteroatoms. The highest BCUT2D eigenvalue weighted by atomic mass is 32.2. The van der Waals surface area contributed by atoms with Crippen molar-refractivity contribution in [3.63, 3.8) is 0 Å². The molecule has 1 aliphatic rings. The van der Waals surface area contributed by atoms with Crippen molar-refractivity contribution >= 4 is 26.8 Å². The van der Waals surface area contributed by atoms with Crippen LogP contribution in [0.4, 0.5) is 0 Å². The van der Waals surface area contributed by atoms with Crippen molar-refractivity contribution in [1.29, 1.82) is 0 Å². The molecule has 0 radical (unpaired) electrons. The van der Waals surface area contributed by atoms with Gasteiger partial charge in [-0.1, -0.05) is 6.92 Å². The standard InChI is InChI=1S/C25H30N4O5S/c1-17-8-11-29(12-9-17)35(31,32)19-6-7-22-20(13-19)21(25(30)27-16-24(33-2)34-3)14-23(28-22)18-5-4-10-26-15-18/h4-7,10,13-15,17,24H,8-9,11-12,16H2,1-3H3,(H,27,30). The summed E-state index contributed by atoms with van der Waals surface area (Å²) in [5, 5.41) is 3.26. The number of pyridine rings is 2. The minimum absolute atomic E-state index is 0.127. The van der Waals surface area contributed by atoms with Crippen molar-refractivity contribution in [3.8, 4) is 11.3 Å². The first-order valence-corrected chi connectivity index (χ1v) is 13.0. The SMILES string of the molecule is COC(CNC(=O)c1cc(-c2cccnc2)nc2ccc(S(=O)(=O)N3CCC(C)CC3)cc12)OC. The lowest BCUT2D eigenvalue weighted by Gasteiger charge is -2.29. The third-order valence-electron chi connectivity index (χ3n) is 6.32. The zero-order valence-corrected chi connectivity index (χ0v) is 20.9. The van der Waals surface area contributed by atoms with Gasteiger partial charge in [-0.25, -0.2) is 13.4 Å². The molecule has 2 aromatic heterocycles. The maximum atomic E-state index is 13.4. The van der Waals surface area contributed by atoms with E-state index in [-0.39, 0.29) is 17.3 Å². The highest BCUT2D eigenvalue weighted by Crippen LogP contribution is 2.29. The Morgan fingerprint density at radius 3 is 2.57 bits per heavy atom. The van der Waals surface area contributed by atoms with Crippen LogP contribution in [0, 0.1) is 5.92 Å². The molecule has 1 amide bonds. The van der Waals surface area contributed by atoms with Gasteiger partial charge in [-0.15, -0.1) is 0 Å². The molecule has 0 aliphatic carbocycles. The summed E-state index contributed by atoms with van der Waals surface area (Å²) < 4.78 is 38.6. The number of methoxy groups -OCH3 is 2. The zero-order chi connectivity index (χ0) is 25.0. The first-order valence-electron chi connectivity index (χ1n) is 11.5. The van der Waals surface area contributed by atoms with Gasteiger partial charge in [0, 0.05) is 50.7 Å². The highest BCUT2D eigenvalue weighted by molar-refractivity contribution is 7.89. The molecule has 0 atom stereocenters. The second-order valence-electron chi connectivity index (χ2n) is 8.67. The second kappa shape index (κ2) is 10.8. The van der Waals surface area contributed by atoms with Crippen LogP contribution < -0.4 is 5.32 Å². The lowest BCUT2D eigenvalue weighted by Crippen LogP contribution is -2.37. The fourth-order valence-corrected chi connectivity index (χ4v) is 5.62. The summed E-state index contributed by atoms with van der Waals surface area (Å²) in [4.78, 5) is 22.2. The van der Waals surface area contributed by atoms with E-state index in [9.17, 15) is 13.2 Å². The Labute approximate surface area is 205 Å². The molecular weight excluding hydrogens is 468 g/mol. The Balaban J connectivity index is 1.77. The average Bonchev–Trinajstić information content (AvgIpc) is 2.89. The molecule has 1 aliphatic heterocycles. The molecule has 0 bridgehead atoms. The van der Waals surface area contributed by atoms with Gasteiger partial charge in [0.2, 0.25) is 10.0 Å². The van der Waals surface area contributed by atoms with Gasteiger partial charge in [-0.2, -0.15) is 4.31 Å². The van der Waals surface area contributed by atoms with Crippen LogP contribution in [0.15, 0.2) is 53.7 Å². The van der Waals surface area contributed by atoms with E-state index < -0.39 is 16.3 Å². The third-order valence-corrected chi connectivity index (χ3v) is 8.21. The smallest absolute Gasteiger partial charge is 0.252 e. The molecule has 3 heterocycles. The molecule has 4 rings (SSSR count). The van der Waals surface area contributed by atoms with Gasteiger partial charge in [0.15, 0.2) is 6.29 Å². The average molecular weight is 499 g/mol. The number of hydrogen-bond donors (Lipinski definition) is 1. The van der Waals surface area contributed by atoms with Gasteiger partial charge in [0.1, 0.15) is 0 Å². The lowest BCUT2D eigenvalue weighted by atomic mass is 10.0. The summed E-state index contributed by atoms with van der Waals surface area (Å²) in [6, 6.07) is 10.1. The predicted molar refractivity (Wildman–Crippen MR) is 132 cm³/mol. The summed E-state index contributed by atoms with van der Waals surface area (Å²) in [5.41, 5.74) is 2.13. The van der Waals surface area contributed by atoms with E-state index in [1.165, 1.54) is 18.5 Å². The topological polar surface area (TPSA) is 111 Å². The molecule has 1 aromatic carbocycles. The van der Waals surface area contributed by atoms with Crippen LogP contribution in [-0.4, -0.2) is 68.7 Å². The first kappa shape index (κ1) is 25.2. The number of amides is 1. The van der Waals surface area contributed by atoms with Crippen molar-refractivity contribution in [3.05, 3.63) is 54.4 Å². The molecule has 1 N–H and O–H groups in total. The van der Waals surface area contributed by atoms with Crippen LogP contribution in [0.5, 0.6) is 0 Å². The van der Waals surface area contributed by atoms with E-state index in [1.807, 2.05) is 6.07 Å². The minimum Gasteiger partial charge on any atom is -0.354 e. The van der Waals surface area contributed by atoms with E-state index in [2.05, 4.69) is 22.2 Å². The fourth-order valence-electron chi connectivity index (χ4n) is 4.12. The first-order chi connectivity index (χ1) is 16.8. The van der Waals surface area contributed by atoms with Gasteiger partial charge in [-0.3, -0.25) is 9.78 Å². The van der Waals surface area contributed by atoms with Gasteiger partial charge in [-0.05, 0) is 55.2 Å². The van der Waals surface area contributed by atoms with Crippen LogP contribution in [0.2, 0.25) is 0 Å². The molecule has 35 heavy (non-hydrogen) atoms. The lowest BCUT2D eigenvalue weighted by molar-refractivity contribution is -0.0974. The molecular formula is C25H30N4O5S. The summed E-state index contributed by atoms with van der Waals surface area (Å²) in [6.07, 6.45) is 4.37. The number of sulfonamides is 1. The number of fused-ring (bicyclic) bond motifs is 1. The number of hydrogen-bond acceptors (Lipinski definition) is 7. The molecule has 0 unspecified atom stereocenters. The van der Waals surface area contributed by atoms with E-state index >= 15 is 0 Å². The summed E-state index contributed by atoms with van der Waals surface area (Å²) in [5.74, 6) is 0.120. The van der Waals surface area contributed by atoms with Gasteiger partial charge in [0.25, 0.3) is 5.91 Å². The fraction of sp³-hybridized carbons (Fsp3) is 0.400. The van der Waals surface area contributed by atoms with Gasteiger partial charge in [0.05, 0.1) is 28.2 Å². The molecule has 0 spiro atoms. The Morgan fingerprint density at radius 1 is 1.17 bits per heavy atom. The van der Waals surface area contributed by atoms with Crippen LogP contribution in [0.3, 0.4) is 0 Å². The monoisotopic (exact) mass is 498 g/mol. The van der Waals surface area contributed by atoms with Crippen LogP contribution in [0.1, 0.15) is 30.1 Å². The van der Waals surface area contributed by atoms with E-state index in [1.54, 1.807) is 42.7 Å². The normalized spacial score (nSPS) is 15.5. The molecule has 3 aromatic rings. The van der Waals surface area contributed by atoms with Crippen molar-refractivity contribution in [2.45, 2.75) is 31.0 Å². The zero-order valence-electron chi connectivity index (χ0n) is 20.1. The van der Waals surface area contributed by atoms with Crippen LogP contribution in [0.25, 0.3) is 22.2 Å². The largest absolute Gasteiger partial charge is 0.354 e. The summed E-state index contributed by atoms with van der Waals surface area (Å²) in [6.45, 7) is 3.24. The van der Waals surface area contributed by atoms with E-state index in [0.29, 0.717) is 41.2 Å². The van der Waals surface area contributed by atoms with Crippen molar-refractivity contribution < 1.29 is 22.7 Å². The molecule has 1 saturated heterocycles. The van der Waals surface area contributed by atoms with Crippen molar-refractivity contribution in [2.24, 2.45) is 5.92 Å².